The molecule has 0 fully saturated rings. The van der Waals surface area contributed by atoms with E-state index in [0.717, 1.165) is 37.4 Å². The summed E-state index contributed by atoms with van der Waals surface area (Å²) in [5.41, 5.74) is 8.48. The molecule has 1 rings (SSSR count). The Hall–Kier alpha value is -1.06. The van der Waals surface area contributed by atoms with Gasteiger partial charge in [0.2, 0.25) is 0 Å². The minimum Gasteiger partial charge on any atom is -0.496 e. The van der Waals surface area contributed by atoms with Crippen molar-refractivity contribution in [1.82, 2.24) is 0 Å². The van der Waals surface area contributed by atoms with Crippen LogP contribution in [-0.2, 0) is 4.74 Å². The van der Waals surface area contributed by atoms with Gasteiger partial charge in [-0.15, -0.1) is 0 Å². The molecule has 1 aromatic carbocycles. The Kier molecular flexibility index (Phi) is 6.01. The third-order valence-corrected chi connectivity index (χ3v) is 2.79. The minimum atomic E-state index is 0.0188. The van der Waals surface area contributed by atoms with E-state index in [-0.39, 0.29) is 6.04 Å². The maximum absolute atomic E-state index is 6.19. The highest BCUT2D eigenvalue weighted by atomic mass is 16.5. The Morgan fingerprint density at radius 2 is 2.12 bits per heavy atom. The van der Waals surface area contributed by atoms with E-state index in [1.165, 1.54) is 5.56 Å². The molecule has 2 N–H and O–H groups in total. The third-order valence-electron chi connectivity index (χ3n) is 2.79. The van der Waals surface area contributed by atoms with E-state index in [1.54, 1.807) is 7.11 Å². The third kappa shape index (κ3) is 4.36. The van der Waals surface area contributed by atoms with E-state index in [0.29, 0.717) is 0 Å². The normalized spacial score (nSPS) is 12.5. The molecule has 0 aliphatic heterocycles. The number of nitrogens with two attached hydrogens (primary N) is 1. The predicted octanol–water partition coefficient (Wildman–Crippen LogP) is 2.82. The molecule has 96 valence electrons. The van der Waals surface area contributed by atoms with Gasteiger partial charge in [-0.1, -0.05) is 17.7 Å². The summed E-state index contributed by atoms with van der Waals surface area (Å²) in [6.45, 7) is 5.61. The zero-order valence-electron chi connectivity index (χ0n) is 11.0. The molecule has 0 radical (unpaired) electrons. The number of methoxy groups -OCH3 is 1. The number of hydrogen-bond donors (Lipinski definition) is 1. The fraction of sp³-hybridized carbons (Fsp3) is 0.571. The van der Waals surface area contributed by atoms with Crippen molar-refractivity contribution in [3.8, 4) is 5.75 Å². The summed E-state index contributed by atoms with van der Waals surface area (Å²) < 4.78 is 10.7. The molecule has 3 nitrogen and oxygen atoms in total. The van der Waals surface area contributed by atoms with Gasteiger partial charge in [-0.05, 0) is 32.8 Å². The molecule has 0 saturated carbocycles. The van der Waals surface area contributed by atoms with E-state index in [2.05, 4.69) is 13.0 Å². The number of benzene rings is 1. The van der Waals surface area contributed by atoms with Crippen LogP contribution in [0.15, 0.2) is 18.2 Å². The monoisotopic (exact) mass is 237 g/mol. The number of hydrogen-bond acceptors (Lipinski definition) is 3. The molecule has 1 aromatic rings. The Morgan fingerprint density at radius 1 is 1.35 bits per heavy atom. The zero-order chi connectivity index (χ0) is 12.7. The molecule has 0 saturated heterocycles. The molecule has 17 heavy (non-hydrogen) atoms. The molecule has 0 heterocycles. The van der Waals surface area contributed by atoms with Crippen LogP contribution in [0.5, 0.6) is 5.75 Å². The first-order valence-electron chi connectivity index (χ1n) is 6.17. The largest absolute Gasteiger partial charge is 0.496 e. The quantitative estimate of drug-likeness (QED) is 0.742. The lowest BCUT2D eigenvalue weighted by molar-refractivity contribution is 0.142. The van der Waals surface area contributed by atoms with Gasteiger partial charge in [-0.3, -0.25) is 0 Å². The molecule has 1 unspecified atom stereocenters. The number of rotatable bonds is 7. The van der Waals surface area contributed by atoms with Gasteiger partial charge >= 0.3 is 0 Å². The van der Waals surface area contributed by atoms with Gasteiger partial charge in [0.1, 0.15) is 5.75 Å². The second-order valence-electron chi connectivity index (χ2n) is 4.19. The van der Waals surface area contributed by atoms with E-state index >= 15 is 0 Å². The van der Waals surface area contributed by atoms with Crippen LogP contribution in [0.25, 0.3) is 0 Å². The van der Waals surface area contributed by atoms with E-state index < -0.39 is 0 Å². The van der Waals surface area contributed by atoms with Crippen molar-refractivity contribution in [3.63, 3.8) is 0 Å². The van der Waals surface area contributed by atoms with Crippen molar-refractivity contribution in [3.05, 3.63) is 29.3 Å². The van der Waals surface area contributed by atoms with Crippen LogP contribution in [-0.4, -0.2) is 20.3 Å². The van der Waals surface area contributed by atoms with Gasteiger partial charge < -0.3 is 15.2 Å². The van der Waals surface area contributed by atoms with Crippen LogP contribution in [0.3, 0.4) is 0 Å². The summed E-state index contributed by atoms with van der Waals surface area (Å²) in [6.07, 6.45) is 1.89. The summed E-state index contributed by atoms with van der Waals surface area (Å²) in [5.74, 6) is 0.875. The lowest BCUT2D eigenvalue weighted by Crippen LogP contribution is -2.12. The van der Waals surface area contributed by atoms with Gasteiger partial charge in [-0.25, -0.2) is 0 Å². The first-order valence-corrected chi connectivity index (χ1v) is 6.17. The molecule has 3 heteroatoms. The van der Waals surface area contributed by atoms with Crippen molar-refractivity contribution >= 4 is 0 Å². The average Bonchev–Trinajstić information content (AvgIpc) is 2.34. The Morgan fingerprint density at radius 3 is 2.76 bits per heavy atom. The van der Waals surface area contributed by atoms with Gasteiger partial charge in [0, 0.05) is 24.8 Å². The van der Waals surface area contributed by atoms with Crippen molar-refractivity contribution in [2.45, 2.75) is 32.7 Å². The molecular formula is C14H23NO2. The van der Waals surface area contributed by atoms with Crippen molar-refractivity contribution in [1.29, 1.82) is 0 Å². The highest BCUT2D eigenvalue weighted by Gasteiger charge is 2.11. The van der Waals surface area contributed by atoms with Gasteiger partial charge in [0.15, 0.2) is 0 Å². The van der Waals surface area contributed by atoms with E-state index in [4.69, 9.17) is 15.2 Å². The van der Waals surface area contributed by atoms with Crippen LogP contribution in [0.1, 0.15) is 36.9 Å². The topological polar surface area (TPSA) is 44.5 Å². The lowest BCUT2D eigenvalue weighted by atomic mass is 10.00. The fourth-order valence-corrected chi connectivity index (χ4v) is 1.85. The van der Waals surface area contributed by atoms with E-state index in [1.807, 2.05) is 19.1 Å². The maximum Gasteiger partial charge on any atom is 0.123 e. The second kappa shape index (κ2) is 7.30. The molecule has 1 atom stereocenters. The van der Waals surface area contributed by atoms with Crippen LogP contribution < -0.4 is 10.5 Å². The molecule has 0 amide bonds. The molecule has 0 spiro atoms. The smallest absolute Gasteiger partial charge is 0.123 e. The van der Waals surface area contributed by atoms with Crippen molar-refractivity contribution in [2.24, 2.45) is 5.73 Å². The summed E-state index contributed by atoms with van der Waals surface area (Å²) in [4.78, 5) is 0. The van der Waals surface area contributed by atoms with Crippen LogP contribution in [0.2, 0.25) is 0 Å². The van der Waals surface area contributed by atoms with Crippen molar-refractivity contribution in [2.75, 3.05) is 20.3 Å². The first kappa shape index (κ1) is 14.0. The summed E-state index contributed by atoms with van der Waals surface area (Å²) >= 11 is 0. The molecular weight excluding hydrogens is 214 g/mol. The standard InChI is InChI=1S/C14H23NO2/c1-4-17-9-5-6-13(15)12-10-11(2)7-8-14(12)16-3/h7-8,10,13H,4-6,9,15H2,1-3H3. The predicted molar refractivity (Wildman–Crippen MR) is 70.4 cm³/mol. The summed E-state index contributed by atoms with van der Waals surface area (Å²) in [5, 5.41) is 0. The van der Waals surface area contributed by atoms with E-state index in [9.17, 15) is 0 Å². The van der Waals surface area contributed by atoms with Crippen molar-refractivity contribution < 1.29 is 9.47 Å². The number of ether oxygens (including phenoxy) is 2. The van der Waals surface area contributed by atoms with Gasteiger partial charge in [0.25, 0.3) is 0 Å². The molecule has 0 aromatic heterocycles. The molecule has 0 aliphatic rings. The molecule has 0 bridgehead atoms. The van der Waals surface area contributed by atoms with Gasteiger partial charge in [0.05, 0.1) is 7.11 Å². The summed E-state index contributed by atoms with van der Waals surface area (Å²) in [7, 11) is 1.68. The Balaban J connectivity index is 2.60. The van der Waals surface area contributed by atoms with Crippen LogP contribution in [0, 0.1) is 6.92 Å². The highest BCUT2D eigenvalue weighted by molar-refractivity contribution is 5.38. The lowest BCUT2D eigenvalue weighted by Gasteiger charge is -2.16. The Bertz CT molecular complexity index is 339. The summed E-state index contributed by atoms with van der Waals surface area (Å²) in [6, 6.07) is 6.14. The molecule has 0 aliphatic carbocycles. The van der Waals surface area contributed by atoms with Gasteiger partial charge in [-0.2, -0.15) is 0 Å². The maximum atomic E-state index is 6.19. The second-order valence-corrected chi connectivity index (χ2v) is 4.19. The zero-order valence-corrected chi connectivity index (χ0v) is 11.0. The van der Waals surface area contributed by atoms with Crippen LogP contribution >= 0.6 is 0 Å². The minimum absolute atomic E-state index is 0.0188. The fourth-order valence-electron chi connectivity index (χ4n) is 1.85. The number of aryl methyl sites for hydroxylation is 1. The first-order chi connectivity index (χ1) is 8.19. The Labute approximate surface area is 104 Å². The SMILES string of the molecule is CCOCCCC(N)c1cc(C)ccc1OC. The van der Waals surface area contributed by atoms with Crippen LogP contribution in [0.4, 0.5) is 0 Å². The highest BCUT2D eigenvalue weighted by Crippen LogP contribution is 2.27. The average molecular weight is 237 g/mol.